The van der Waals surface area contributed by atoms with Gasteiger partial charge in [-0.15, -0.1) is 0 Å². The Kier molecular flexibility index (Phi) is 8.76. The lowest BCUT2D eigenvalue weighted by Gasteiger charge is -2.23. The smallest absolute Gasteiger partial charge is 0.274 e. The van der Waals surface area contributed by atoms with E-state index in [0.717, 1.165) is 11.1 Å². The topological polar surface area (TPSA) is 108 Å². The van der Waals surface area contributed by atoms with Gasteiger partial charge in [-0.3, -0.25) is 19.6 Å². The first-order chi connectivity index (χ1) is 16.5. The van der Waals surface area contributed by atoms with Gasteiger partial charge in [0.05, 0.1) is 7.11 Å². The van der Waals surface area contributed by atoms with Gasteiger partial charge in [0.1, 0.15) is 5.75 Å². The van der Waals surface area contributed by atoms with Gasteiger partial charge >= 0.3 is 0 Å². The molecule has 0 atom stereocenters. The maximum absolute atomic E-state index is 13.2. The summed E-state index contributed by atoms with van der Waals surface area (Å²) in [6.07, 6.45) is 0.139. The van der Waals surface area contributed by atoms with Crippen LogP contribution in [0, 0.1) is 0 Å². The molecule has 0 aromatic heterocycles. The van der Waals surface area contributed by atoms with E-state index in [1.54, 1.807) is 66.0 Å². The molecule has 176 valence electrons. The van der Waals surface area contributed by atoms with Gasteiger partial charge in [0.25, 0.3) is 11.8 Å². The number of nitrogens with zero attached hydrogens (tertiary/aromatic N) is 1. The molecule has 0 aliphatic rings. The molecule has 0 heterocycles. The normalized spacial score (nSPS) is 10.3. The molecule has 0 fully saturated rings. The molecule has 3 aromatic rings. The van der Waals surface area contributed by atoms with Gasteiger partial charge in [-0.25, -0.2) is 5.48 Å². The maximum atomic E-state index is 13.2. The summed E-state index contributed by atoms with van der Waals surface area (Å²) in [6.45, 7) is 0.878. The highest BCUT2D eigenvalue weighted by molar-refractivity contribution is 5.95. The summed E-state index contributed by atoms with van der Waals surface area (Å²) in [6, 6.07) is 22.9. The van der Waals surface area contributed by atoms with Crippen LogP contribution in [0.2, 0.25) is 0 Å². The Balaban J connectivity index is 1.69. The molecule has 34 heavy (non-hydrogen) atoms. The van der Waals surface area contributed by atoms with Gasteiger partial charge in [-0.1, -0.05) is 42.5 Å². The molecule has 3 amide bonds. The number of hydrogen-bond donors (Lipinski definition) is 3. The zero-order valence-corrected chi connectivity index (χ0v) is 18.9. The van der Waals surface area contributed by atoms with Gasteiger partial charge in [0, 0.05) is 37.2 Å². The predicted molar refractivity (Wildman–Crippen MR) is 126 cm³/mol. The van der Waals surface area contributed by atoms with Crippen molar-refractivity contribution in [1.82, 2.24) is 15.7 Å². The third kappa shape index (κ3) is 6.91. The molecule has 0 bridgehead atoms. The Hall–Kier alpha value is -4.17. The van der Waals surface area contributed by atoms with E-state index in [4.69, 9.17) is 9.94 Å². The molecule has 0 radical (unpaired) electrons. The molecule has 0 spiro atoms. The van der Waals surface area contributed by atoms with Gasteiger partial charge < -0.3 is 15.0 Å². The van der Waals surface area contributed by atoms with Crippen molar-refractivity contribution in [2.24, 2.45) is 0 Å². The Bertz CT molecular complexity index is 1100. The quantitative estimate of drug-likeness (QED) is 0.318. The molecule has 0 unspecified atom stereocenters. The summed E-state index contributed by atoms with van der Waals surface area (Å²) in [5.41, 5.74) is 4.13. The molecule has 3 aromatic carbocycles. The van der Waals surface area contributed by atoms with Crippen LogP contribution in [-0.4, -0.2) is 41.5 Å². The fraction of sp³-hybridized carbons (Fsp3) is 0.192. The van der Waals surface area contributed by atoms with E-state index >= 15 is 0 Å². The van der Waals surface area contributed by atoms with Gasteiger partial charge in [0.15, 0.2) is 0 Å². The van der Waals surface area contributed by atoms with Crippen molar-refractivity contribution in [1.29, 1.82) is 0 Å². The zero-order chi connectivity index (χ0) is 24.3. The van der Waals surface area contributed by atoms with Crippen LogP contribution in [0.25, 0.3) is 0 Å². The predicted octanol–water partition coefficient (Wildman–Crippen LogP) is 3.16. The Morgan fingerprint density at radius 3 is 2.12 bits per heavy atom. The van der Waals surface area contributed by atoms with Crippen LogP contribution in [-0.2, 0) is 17.9 Å². The first-order valence-electron chi connectivity index (χ1n) is 10.8. The minimum atomic E-state index is -0.618. The lowest BCUT2D eigenvalue weighted by Crippen LogP contribution is -2.35. The minimum absolute atomic E-state index is 0.139. The highest BCUT2D eigenvalue weighted by Crippen LogP contribution is 2.16. The number of rotatable bonds is 10. The van der Waals surface area contributed by atoms with Crippen LogP contribution in [0.3, 0.4) is 0 Å². The second kappa shape index (κ2) is 12.2. The number of carbonyl (C=O) groups is 3. The third-order valence-corrected chi connectivity index (χ3v) is 5.26. The molecule has 0 saturated heterocycles. The lowest BCUT2D eigenvalue weighted by atomic mass is 10.1. The number of hydroxylamine groups is 1. The van der Waals surface area contributed by atoms with Gasteiger partial charge in [0.2, 0.25) is 5.91 Å². The van der Waals surface area contributed by atoms with Crippen molar-refractivity contribution in [2.45, 2.75) is 19.5 Å². The van der Waals surface area contributed by atoms with Crippen molar-refractivity contribution in [2.75, 3.05) is 13.7 Å². The number of hydrogen-bond acceptors (Lipinski definition) is 5. The monoisotopic (exact) mass is 461 g/mol. The Morgan fingerprint density at radius 1 is 0.853 bits per heavy atom. The maximum Gasteiger partial charge on any atom is 0.274 e. The lowest BCUT2D eigenvalue weighted by molar-refractivity contribution is -0.121. The van der Waals surface area contributed by atoms with Crippen LogP contribution in [0.4, 0.5) is 0 Å². The van der Waals surface area contributed by atoms with E-state index < -0.39 is 5.91 Å². The van der Waals surface area contributed by atoms with Crippen molar-refractivity contribution in [3.05, 3.63) is 101 Å². The first-order valence-corrected chi connectivity index (χ1v) is 10.8. The van der Waals surface area contributed by atoms with Crippen molar-refractivity contribution in [3.8, 4) is 5.75 Å². The van der Waals surface area contributed by atoms with Crippen molar-refractivity contribution < 1.29 is 24.3 Å². The highest BCUT2D eigenvalue weighted by atomic mass is 16.5. The second-order valence-electron chi connectivity index (χ2n) is 7.61. The Morgan fingerprint density at radius 2 is 1.50 bits per heavy atom. The number of ether oxygens (including phenoxy) is 1. The molecule has 8 nitrogen and oxygen atoms in total. The highest BCUT2D eigenvalue weighted by Gasteiger charge is 2.18. The van der Waals surface area contributed by atoms with E-state index in [9.17, 15) is 14.4 Å². The molecule has 0 aliphatic heterocycles. The second-order valence-corrected chi connectivity index (χ2v) is 7.61. The minimum Gasteiger partial charge on any atom is -0.497 e. The van der Waals surface area contributed by atoms with E-state index in [2.05, 4.69) is 5.32 Å². The molecule has 3 rings (SSSR count). The van der Waals surface area contributed by atoms with Gasteiger partial charge in [-0.2, -0.15) is 0 Å². The average Bonchev–Trinajstić information content (AvgIpc) is 2.90. The zero-order valence-electron chi connectivity index (χ0n) is 18.9. The summed E-state index contributed by atoms with van der Waals surface area (Å²) in [4.78, 5) is 38.8. The molecular formula is C26H27N3O5. The van der Waals surface area contributed by atoms with Crippen molar-refractivity contribution >= 4 is 17.7 Å². The van der Waals surface area contributed by atoms with Crippen LogP contribution in [0.1, 0.15) is 38.3 Å². The van der Waals surface area contributed by atoms with Crippen molar-refractivity contribution in [3.63, 3.8) is 0 Å². The van der Waals surface area contributed by atoms with Crippen LogP contribution in [0.15, 0.2) is 78.9 Å². The molecular weight excluding hydrogens is 434 g/mol. The summed E-state index contributed by atoms with van der Waals surface area (Å²) in [5, 5.41) is 11.7. The SMILES string of the molecule is COc1ccc(C(=O)N(CCC(=O)NCc2ccccc2)Cc2ccc(C(=O)NO)cc2)cc1. The average molecular weight is 462 g/mol. The van der Waals surface area contributed by atoms with Gasteiger partial charge in [-0.05, 0) is 47.5 Å². The van der Waals surface area contributed by atoms with E-state index in [0.29, 0.717) is 23.4 Å². The number of methoxy groups -OCH3 is 1. The van der Waals surface area contributed by atoms with E-state index in [-0.39, 0.29) is 31.3 Å². The van der Waals surface area contributed by atoms with Crippen LogP contribution in [0.5, 0.6) is 5.75 Å². The molecule has 0 aliphatic carbocycles. The molecule has 3 N–H and O–H groups in total. The van der Waals surface area contributed by atoms with E-state index in [1.165, 1.54) is 0 Å². The summed E-state index contributed by atoms with van der Waals surface area (Å²) in [5.74, 6) is -0.365. The fourth-order valence-electron chi connectivity index (χ4n) is 3.34. The standard InChI is InChI=1S/C26H27N3O5/c1-34-23-13-11-22(12-14-23)26(32)29(18-20-7-9-21(10-8-20)25(31)28-33)16-15-24(30)27-17-19-5-3-2-4-6-19/h2-14,33H,15-18H2,1H3,(H,27,30)(H,28,31). The number of benzene rings is 3. The summed E-state index contributed by atoms with van der Waals surface area (Å²) < 4.78 is 5.16. The number of carbonyl (C=O) groups excluding carboxylic acids is 3. The summed E-state index contributed by atoms with van der Waals surface area (Å²) in [7, 11) is 1.55. The fourth-order valence-corrected chi connectivity index (χ4v) is 3.34. The number of nitrogens with one attached hydrogen (secondary N) is 2. The number of amides is 3. The largest absolute Gasteiger partial charge is 0.497 e. The van der Waals surface area contributed by atoms with Crippen LogP contribution >= 0.6 is 0 Å². The summed E-state index contributed by atoms with van der Waals surface area (Å²) >= 11 is 0. The van der Waals surface area contributed by atoms with Crippen LogP contribution < -0.4 is 15.5 Å². The Labute approximate surface area is 198 Å². The molecule has 0 saturated carbocycles. The molecule has 8 heteroatoms. The first kappa shape index (κ1) is 24.5. The van der Waals surface area contributed by atoms with E-state index in [1.807, 2.05) is 30.3 Å². The third-order valence-electron chi connectivity index (χ3n) is 5.26.